The van der Waals surface area contributed by atoms with Gasteiger partial charge in [-0.2, -0.15) is 5.10 Å². The predicted molar refractivity (Wildman–Crippen MR) is 154 cm³/mol. The average molecular weight is 615 g/mol. The smallest absolute Gasteiger partial charge is 0.416 e. The van der Waals surface area contributed by atoms with E-state index in [1.165, 1.54) is 29.1 Å². The zero-order valence-electron chi connectivity index (χ0n) is 25.1. The Morgan fingerprint density at radius 1 is 1.16 bits per heavy atom. The molecule has 3 aromatic heterocycles. The topological polar surface area (TPSA) is 142 Å². The number of aromatic nitrogens is 4. The van der Waals surface area contributed by atoms with Crippen LogP contribution >= 0.6 is 0 Å². The summed E-state index contributed by atoms with van der Waals surface area (Å²) in [6, 6.07) is 3.04. The second kappa shape index (κ2) is 12.7. The molecular formula is C30H36F2N6O6. The summed E-state index contributed by atoms with van der Waals surface area (Å²) < 4.78 is 45.1. The number of oxazole rings is 1. The number of hydrogen-bond acceptors (Lipinski definition) is 9. The number of carbonyl (C=O) groups is 3. The van der Waals surface area contributed by atoms with Gasteiger partial charge in [-0.05, 0) is 77.3 Å². The highest BCUT2D eigenvalue weighted by Gasteiger charge is 2.32. The largest absolute Gasteiger partial charge is 0.469 e. The minimum absolute atomic E-state index is 0.0847. The van der Waals surface area contributed by atoms with E-state index in [-0.39, 0.29) is 35.2 Å². The van der Waals surface area contributed by atoms with Gasteiger partial charge in [-0.1, -0.05) is 0 Å². The number of pyridine rings is 1. The summed E-state index contributed by atoms with van der Waals surface area (Å²) in [5, 5.41) is 6.54. The van der Waals surface area contributed by atoms with E-state index >= 15 is 0 Å². The fourth-order valence-corrected chi connectivity index (χ4v) is 5.13. The molecule has 236 valence electrons. The van der Waals surface area contributed by atoms with Crippen LogP contribution in [0.2, 0.25) is 0 Å². The lowest BCUT2D eigenvalue weighted by Gasteiger charge is -2.27. The van der Waals surface area contributed by atoms with E-state index < -0.39 is 29.7 Å². The number of rotatable bonds is 9. The minimum atomic E-state index is -2.93. The molecule has 0 spiro atoms. The molecule has 0 bridgehead atoms. The van der Waals surface area contributed by atoms with Crippen molar-refractivity contribution in [2.45, 2.75) is 77.4 Å². The molecular weight excluding hydrogens is 578 g/mol. The summed E-state index contributed by atoms with van der Waals surface area (Å²) in [7, 11) is 1.34. The number of alkyl halides is 2. The highest BCUT2D eigenvalue weighted by atomic mass is 19.3. The van der Waals surface area contributed by atoms with E-state index in [0.29, 0.717) is 49.5 Å². The van der Waals surface area contributed by atoms with E-state index in [4.69, 9.17) is 13.9 Å². The Morgan fingerprint density at radius 3 is 2.52 bits per heavy atom. The Kier molecular flexibility index (Phi) is 8.97. The molecule has 1 N–H and O–H groups in total. The van der Waals surface area contributed by atoms with Crippen LogP contribution in [0, 0.1) is 11.8 Å². The van der Waals surface area contributed by atoms with Crippen LogP contribution < -0.4 is 10.2 Å². The van der Waals surface area contributed by atoms with Gasteiger partial charge in [-0.3, -0.25) is 19.2 Å². The van der Waals surface area contributed by atoms with Gasteiger partial charge in [0.1, 0.15) is 17.7 Å². The molecule has 3 aromatic rings. The molecule has 44 heavy (non-hydrogen) atoms. The standard InChI is InChI=1S/C30H36F2N6O6/c1-30(2,3)44-29(41)37(14-17-5-6-17)23-13-19(11-12-33-23)27-35-22(16-43-27)26(39)34-21-15-38(36-24(21)25(31)32)20-9-7-18(8-10-20)28(40)42-4/h11-13,15-18,20,25H,5-10,14H2,1-4H3,(H,34,39)/t18-,20-. The molecule has 12 nitrogen and oxygen atoms in total. The Balaban J connectivity index is 1.30. The third-order valence-electron chi connectivity index (χ3n) is 7.58. The van der Waals surface area contributed by atoms with Crippen molar-refractivity contribution in [2.75, 3.05) is 23.9 Å². The van der Waals surface area contributed by atoms with Crippen molar-refractivity contribution in [1.82, 2.24) is 19.7 Å². The Bertz CT molecular complexity index is 1500. The van der Waals surface area contributed by atoms with Crippen LogP contribution in [0.15, 0.2) is 35.2 Å². The zero-order chi connectivity index (χ0) is 31.6. The quantitative estimate of drug-likeness (QED) is 0.280. The lowest BCUT2D eigenvalue weighted by molar-refractivity contribution is -0.146. The van der Waals surface area contributed by atoms with Crippen LogP contribution in [-0.4, -0.2) is 57.0 Å². The van der Waals surface area contributed by atoms with Gasteiger partial charge in [0.15, 0.2) is 11.4 Å². The first-order valence-electron chi connectivity index (χ1n) is 14.6. The van der Waals surface area contributed by atoms with E-state index in [2.05, 4.69) is 20.4 Å². The summed E-state index contributed by atoms with van der Waals surface area (Å²) in [5.74, 6) is -0.462. The highest BCUT2D eigenvalue weighted by molar-refractivity contribution is 6.03. The summed E-state index contributed by atoms with van der Waals surface area (Å²) in [5.41, 5.74) is -1.06. The molecule has 2 saturated carbocycles. The maximum absolute atomic E-state index is 13.9. The van der Waals surface area contributed by atoms with Crippen molar-refractivity contribution in [2.24, 2.45) is 11.8 Å². The molecule has 3 heterocycles. The van der Waals surface area contributed by atoms with Gasteiger partial charge in [0, 0.05) is 24.5 Å². The molecule has 0 aromatic carbocycles. The maximum Gasteiger partial charge on any atom is 0.416 e. The Hall–Kier alpha value is -4.36. The van der Waals surface area contributed by atoms with Crippen LogP contribution in [0.4, 0.5) is 25.1 Å². The average Bonchev–Trinajstić information content (AvgIpc) is 3.49. The van der Waals surface area contributed by atoms with Gasteiger partial charge in [0.25, 0.3) is 12.3 Å². The lowest BCUT2D eigenvalue weighted by Crippen LogP contribution is -2.38. The number of nitrogens with one attached hydrogen (secondary N) is 1. The Morgan fingerprint density at radius 2 is 1.89 bits per heavy atom. The molecule has 0 aliphatic heterocycles. The van der Waals surface area contributed by atoms with Crippen molar-refractivity contribution in [3.63, 3.8) is 0 Å². The summed E-state index contributed by atoms with van der Waals surface area (Å²) >= 11 is 0. The molecule has 0 radical (unpaired) electrons. The second-order valence-electron chi connectivity index (χ2n) is 12.2. The highest BCUT2D eigenvalue weighted by Crippen LogP contribution is 2.36. The summed E-state index contributed by atoms with van der Waals surface area (Å²) in [4.78, 5) is 47.9. The van der Waals surface area contributed by atoms with Crippen molar-refractivity contribution < 1.29 is 37.1 Å². The third kappa shape index (κ3) is 7.40. The number of halogens is 2. The molecule has 2 aliphatic carbocycles. The molecule has 0 atom stereocenters. The summed E-state index contributed by atoms with van der Waals surface area (Å²) in [6.45, 7) is 5.82. The van der Waals surface area contributed by atoms with Crippen LogP contribution in [0.25, 0.3) is 11.5 Å². The first-order valence-corrected chi connectivity index (χ1v) is 14.6. The van der Waals surface area contributed by atoms with Crippen LogP contribution in [0.3, 0.4) is 0 Å². The molecule has 2 amide bonds. The fraction of sp³-hybridized carbons (Fsp3) is 0.533. The number of anilines is 2. The third-order valence-corrected chi connectivity index (χ3v) is 7.58. The van der Waals surface area contributed by atoms with E-state index in [1.54, 1.807) is 32.9 Å². The van der Waals surface area contributed by atoms with Crippen LogP contribution in [0.5, 0.6) is 0 Å². The molecule has 0 unspecified atom stereocenters. The molecule has 14 heteroatoms. The zero-order valence-corrected chi connectivity index (χ0v) is 25.1. The second-order valence-corrected chi connectivity index (χ2v) is 12.2. The minimum Gasteiger partial charge on any atom is -0.469 e. The number of hydrogen-bond donors (Lipinski definition) is 1. The fourth-order valence-electron chi connectivity index (χ4n) is 5.13. The Labute approximate surface area is 253 Å². The first-order chi connectivity index (χ1) is 20.9. The number of nitrogens with zero attached hydrogens (tertiary/aromatic N) is 5. The van der Waals surface area contributed by atoms with E-state index in [0.717, 1.165) is 19.1 Å². The van der Waals surface area contributed by atoms with Gasteiger partial charge in [0.05, 0.1) is 24.8 Å². The van der Waals surface area contributed by atoms with Crippen LogP contribution in [-0.2, 0) is 14.3 Å². The van der Waals surface area contributed by atoms with Crippen molar-refractivity contribution in [3.05, 3.63) is 42.2 Å². The normalized spacial score (nSPS) is 18.6. The lowest BCUT2D eigenvalue weighted by atomic mass is 9.86. The van der Waals surface area contributed by atoms with E-state index in [1.807, 2.05) is 0 Å². The number of methoxy groups -OCH3 is 1. The van der Waals surface area contributed by atoms with Gasteiger partial charge < -0.3 is 19.2 Å². The van der Waals surface area contributed by atoms with Gasteiger partial charge in [-0.15, -0.1) is 0 Å². The monoisotopic (exact) mass is 614 g/mol. The SMILES string of the molecule is COC(=O)[C@H]1CC[C@H](n2cc(NC(=O)c3coc(-c4ccnc(N(CC5CC5)C(=O)OC(C)(C)C)c4)n3)c(C(F)F)n2)CC1. The number of ether oxygens (including phenoxy) is 2. The summed E-state index contributed by atoms with van der Waals surface area (Å²) in [6.07, 6.45) is 4.81. The van der Waals surface area contributed by atoms with Crippen LogP contribution in [0.1, 0.15) is 87.9 Å². The maximum atomic E-state index is 13.9. The van der Waals surface area contributed by atoms with Crippen molar-refractivity contribution in [3.8, 4) is 11.5 Å². The van der Waals surface area contributed by atoms with Gasteiger partial charge >= 0.3 is 12.1 Å². The first kappa shape index (κ1) is 31.1. The van der Waals surface area contributed by atoms with Crippen molar-refractivity contribution >= 4 is 29.5 Å². The van der Waals surface area contributed by atoms with Gasteiger partial charge in [-0.25, -0.2) is 23.5 Å². The number of carbonyl (C=O) groups excluding carboxylic acids is 3. The molecule has 2 fully saturated rings. The number of amides is 2. The van der Waals surface area contributed by atoms with Gasteiger partial charge in [0.2, 0.25) is 5.89 Å². The predicted octanol–water partition coefficient (Wildman–Crippen LogP) is 6.18. The molecule has 2 aliphatic rings. The van der Waals surface area contributed by atoms with E-state index in [9.17, 15) is 23.2 Å². The molecule has 5 rings (SSSR count). The number of esters is 1. The van der Waals surface area contributed by atoms with Crippen molar-refractivity contribution in [1.29, 1.82) is 0 Å². The molecule has 0 saturated heterocycles.